The first-order valence-corrected chi connectivity index (χ1v) is 7.51. The first kappa shape index (κ1) is 15.3. The van der Waals surface area contributed by atoms with Gasteiger partial charge in [0.2, 0.25) is 5.69 Å². The molecule has 0 aliphatic rings. The molecule has 1 amide bonds. The van der Waals surface area contributed by atoms with Gasteiger partial charge in [0.05, 0.1) is 17.0 Å². The smallest absolute Gasteiger partial charge is 0.281 e. The summed E-state index contributed by atoms with van der Waals surface area (Å²) in [6, 6.07) is 3.14. The monoisotopic (exact) mass is 336 g/mol. The molecule has 7 nitrogen and oxygen atoms in total. The summed E-state index contributed by atoms with van der Waals surface area (Å²) in [6.07, 6.45) is 0.741. The van der Waals surface area contributed by atoms with Gasteiger partial charge in [-0.05, 0) is 18.2 Å². The zero-order valence-corrected chi connectivity index (χ0v) is 11.9. The van der Waals surface area contributed by atoms with Gasteiger partial charge in [-0.15, -0.1) is 10.2 Å². The number of hydrogen-bond acceptors (Lipinski definition) is 5. The average Bonchev–Trinajstić information content (AvgIpc) is 2.75. The number of carbonyl (C=O) groups excluding carboxylic acids is 1. The largest absolute Gasteiger partial charge is 0.319 e. The molecule has 0 fully saturated rings. The van der Waals surface area contributed by atoms with Gasteiger partial charge in [0, 0.05) is 0 Å². The minimum absolute atomic E-state index is 0.0105. The van der Waals surface area contributed by atoms with Crippen molar-refractivity contribution in [2.24, 2.45) is 0 Å². The van der Waals surface area contributed by atoms with E-state index < -0.39 is 33.4 Å². The van der Waals surface area contributed by atoms with Gasteiger partial charge in [-0.25, -0.2) is 12.8 Å². The van der Waals surface area contributed by atoms with Crippen LogP contribution in [0.25, 0.3) is 0 Å². The Morgan fingerprint density at radius 3 is 2.52 bits per heavy atom. The molecule has 0 saturated carbocycles. The number of amides is 1. The third-order valence-electron chi connectivity index (χ3n) is 2.25. The Kier molecular flexibility index (Phi) is 3.92. The van der Waals surface area contributed by atoms with E-state index in [0.717, 1.165) is 24.5 Å². The minimum atomic E-state index is -3.93. The van der Waals surface area contributed by atoms with Crippen molar-refractivity contribution in [2.75, 3.05) is 11.6 Å². The number of carbonyl (C=O) groups is 1. The third-order valence-corrected chi connectivity index (χ3v) is 3.31. The summed E-state index contributed by atoms with van der Waals surface area (Å²) in [6.45, 7) is 0. The quantitative estimate of drug-likeness (QED) is 0.911. The highest BCUT2D eigenvalue weighted by Gasteiger charge is 2.22. The van der Waals surface area contributed by atoms with E-state index in [1.54, 1.807) is 0 Å². The van der Waals surface area contributed by atoms with Crippen LogP contribution in [0.2, 0.25) is 5.02 Å². The molecule has 112 valence electrons. The van der Waals surface area contributed by atoms with Gasteiger partial charge >= 0.3 is 0 Å². The molecule has 11 heteroatoms. The van der Waals surface area contributed by atoms with Crippen molar-refractivity contribution in [2.45, 2.75) is 0 Å². The SMILES string of the molecule is CS(=O)(=O)n1nc(F)c(C(=O)Nc2ccc(F)cc2Cl)n1. The van der Waals surface area contributed by atoms with Crippen molar-refractivity contribution >= 4 is 33.2 Å². The second-order valence-electron chi connectivity index (χ2n) is 3.90. The highest BCUT2D eigenvalue weighted by molar-refractivity contribution is 7.88. The molecule has 1 heterocycles. The number of aromatic nitrogens is 3. The van der Waals surface area contributed by atoms with E-state index in [1.807, 2.05) is 0 Å². The van der Waals surface area contributed by atoms with Gasteiger partial charge in [-0.3, -0.25) is 4.79 Å². The van der Waals surface area contributed by atoms with Crippen LogP contribution in [0.3, 0.4) is 0 Å². The van der Waals surface area contributed by atoms with E-state index in [0.29, 0.717) is 0 Å². The fraction of sp³-hybridized carbons (Fsp3) is 0.100. The summed E-state index contributed by atoms with van der Waals surface area (Å²) in [5.74, 6) is -3.06. The lowest BCUT2D eigenvalue weighted by molar-refractivity contribution is 0.101. The van der Waals surface area contributed by atoms with Crippen LogP contribution < -0.4 is 5.32 Å². The Bertz CT molecular complexity index is 822. The normalized spacial score (nSPS) is 11.4. The van der Waals surface area contributed by atoms with Crippen molar-refractivity contribution in [1.29, 1.82) is 0 Å². The first-order chi connectivity index (χ1) is 9.68. The lowest BCUT2D eigenvalue weighted by Gasteiger charge is -2.05. The number of nitrogens with zero attached hydrogens (tertiary/aromatic N) is 3. The summed E-state index contributed by atoms with van der Waals surface area (Å²) < 4.78 is 48.7. The molecule has 2 aromatic rings. The molecular formula is C10H7ClF2N4O3S. The third kappa shape index (κ3) is 3.34. The van der Waals surface area contributed by atoms with E-state index in [4.69, 9.17) is 11.6 Å². The van der Waals surface area contributed by atoms with Crippen LogP contribution in [0.15, 0.2) is 18.2 Å². The summed E-state index contributed by atoms with van der Waals surface area (Å²) in [7, 11) is -3.93. The highest BCUT2D eigenvalue weighted by Crippen LogP contribution is 2.23. The molecule has 0 bridgehead atoms. The molecule has 0 spiro atoms. The van der Waals surface area contributed by atoms with Crippen LogP contribution in [0, 0.1) is 11.8 Å². The molecule has 0 aliphatic carbocycles. The van der Waals surface area contributed by atoms with Gasteiger partial charge < -0.3 is 5.32 Å². The van der Waals surface area contributed by atoms with Crippen molar-refractivity contribution < 1.29 is 22.0 Å². The first-order valence-electron chi connectivity index (χ1n) is 5.28. The summed E-state index contributed by atoms with van der Waals surface area (Å²) >= 11 is 5.69. The van der Waals surface area contributed by atoms with Crippen molar-refractivity contribution in [3.63, 3.8) is 0 Å². The molecule has 21 heavy (non-hydrogen) atoms. The molecule has 1 N–H and O–H groups in total. The van der Waals surface area contributed by atoms with Crippen LogP contribution in [-0.4, -0.2) is 35.0 Å². The number of benzene rings is 1. The lowest BCUT2D eigenvalue weighted by atomic mass is 10.3. The second kappa shape index (κ2) is 5.37. The fourth-order valence-electron chi connectivity index (χ4n) is 1.33. The fourth-order valence-corrected chi connectivity index (χ4v) is 2.00. The number of nitrogens with one attached hydrogen (secondary N) is 1. The van der Waals surface area contributed by atoms with E-state index in [1.165, 1.54) is 0 Å². The Labute approximate surface area is 122 Å². The topological polar surface area (TPSA) is 94.0 Å². The maximum Gasteiger partial charge on any atom is 0.281 e. The molecule has 0 radical (unpaired) electrons. The summed E-state index contributed by atoms with van der Waals surface area (Å²) in [4.78, 5) is 11.8. The van der Waals surface area contributed by atoms with E-state index >= 15 is 0 Å². The van der Waals surface area contributed by atoms with Gasteiger partial charge in [0.15, 0.2) is 0 Å². The standard InChI is InChI=1S/C10H7ClF2N4O3S/c1-21(19,20)17-15-8(9(13)16-17)10(18)14-7-3-2-5(12)4-6(7)11/h2-4H,1H3,(H,14,18). The van der Waals surface area contributed by atoms with Crippen LogP contribution in [0.1, 0.15) is 10.5 Å². The van der Waals surface area contributed by atoms with Gasteiger partial charge in [0.1, 0.15) is 5.82 Å². The zero-order chi connectivity index (χ0) is 15.8. The Balaban J connectivity index is 2.31. The predicted molar refractivity (Wildman–Crippen MR) is 69.6 cm³/mol. The molecule has 0 unspecified atom stereocenters. The van der Waals surface area contributed by atoms with Gasteiger partial charge in [-0.1, -0.05) is 15.8 Å². The molecular weight excluding hydrogens is 330 g/mol. The Morgan fingerprint density at radius 1 is 1.33 bits per heavy atom. The molecule has 0 saturated heterocycles. The predicted octanol–water partition coefficient (Wildman–Crippen LogP) is 1.27. The van der Waals surface area contributed by atoms with E-state index in [2.05, 4.69) is 15.5 Å². The lowest BCUT2D eigenvalue weighted by Crippen LogP contribution is -2.17. The van der Waals surface area contributed by atoms with Crippen molar-refractivity contribution in [1.82, 2.24) is 14.4 Å². The Morgan fingerprint density at radius 2 is 2.00 bits per heavy atom. The molecule has 0 atom stereocenters. The number of halogens is 3. The van der Waals surface area contributed by atoms with Crippen molar-refractivity contribution in [3.8, 4) is 0 Å². The van der Waals surface area contributed by atoms with Gasteiger partial charge in [-0.2, -0.15) is 4.39 Å². The number of hydrogen-bond donors (Lipinski definition) is 1. The van der Waals surface area contributed by atoms with E-state index in [9.17, 15) is 22.0 Å². The van der Waals surface area contributed by atoms with Crippen LogP contribution >= 0.6 is 11.6 Å². The average molecular weight is 337 g/mol. The van der Waals surface area contributed by atoms with E-state index in [-0.39, 0.29) is 14.9 Å². The Hall–Kier alpha value is -2.07. The molecule has 2 rings (SSSR count). The van der Waals surface area contributed by atoms with Gasteiger partial charge in [0.25, 0.3) is 21.9 Å². The highest BCUT2D eigenvalue weighted by atomic mass is 35.5. The molecule has 1 aromatic carbocycles. The molecule has 0 aliphatic heterocycles. The summed E-state index contributed by atoms with van der Waals surface area (Å²) in [5, 5.41) is 8.28. The van der Waals surface area contributed by atoms with Crippen LogP contribution in [0.5, 0.6) is 0 Å². The minimum Gasteiger partial charge on any atom is -0.319 e. The number of anilines is 1. The summed E-state index contributed by atoms with van der Waals surface area (Å²) in [5.41, 5.74) is -0.822. The van der Waals surface area contributed by atoms with Crippen LogP contribution in [-0.2, 0) is 10.0 Å². The van der Waals surface area contributed by atoms with Crippen LogP contribution in [0.4, 0.5) is 14.5 Å². The maximum atomic E-state index is 13.4. The maximum absolute atomic E-state index is 13.4. The number of rotatable bonds is 3. The second-order valence-corrected chi connectivity index (χ2v) is 6.10. The molecule has 1 aromatic heterocycles. The van der Waals surface area contributed by atoms with Crippen molar-refractivity contribution in [3.05, 3.63) is 40.7 Å². The zero-order valence-electron chi connectivity index (χ0n) is 10.3.